The summed E-state index contributed by atoms with van der Waals surface area (Å²) in [7, 11) is 0. The lowest BCUT2D eigenvalue weighted by Crippen LogP contribution is -2.18. The van der Waals surface area contributed by atoms with Crippen LogP contribution in [0, 0.1) is 22.7 Å². The Kier molecular flexibility index (Phi) is 4.15. The third-order valence-corrected chi connectivity index (χ3v) is 7.08. The van der Waals surface area contributed by atoms with Gasteiger partial charge in [0.25, 0.3) is 0 Å². The molecule has 3 nitrogen and oxygen atoms in total. The standard InChI is InChI=1S/C28H15N3S/c29-16-20-8-5-9-21(17-30)26(20)31-24-14-12-19-7-2-4-11-23(19)28(24)32-25-15-13-18-6-1-3-10-22(18)27(25)31/h1-15H. The monoisotopic (exact) mass is 425 g/mol. The van der Waals surface area contributed by atoms with Gasteiger partial charge in [0.1, 0.15) is 12.1 Å². The molecule has 6 rings (SSSR count). The number of nitriles is 2. The molecule has 5 aromatic rings. The van der Waals surface area contributed by atoms with Crippen LogP contribution in [0.25, 0.3) is 21.5 Å². The van der Waals surface area contributed by atoms with E-state index in [1.165, 1.54) is 0 Å². The summed E-state index contributed by atoms with van der Waals surface area (Å²) in [5.74, 6) is 0. The normalized spacial score (nSPS) is 12.1. The van der Waals surface area contributed by atoms with Crippen molar-refractivity contribution in [2.75, 3.05) is 4.90 Å². The van der Waals surface area contributed by atoms with Crippen molar-refractivity contribution in [2.24, 2.45) is 0 Å². The van der Waals surface area contributed by atoms with Crippen molar-refractivity contribution in [3.63, 3.8) is 0 Å². The Hall–Kier alpha value is -4.25. The molecular weight excluding hydrogens is 410 g/mol. The second-order valence-electron chi connectivity index (χ2n) is 7.63. The van der Waals surface area contributed by atoms with Crippen molar-refractivity contribution in [3.8, 4) is 12.1 Å². The van der Waals surface area contributed by atoms with Gasteiger partial charge in [0, 0.05) is 15.2 Å². The Morgan fingerprint density at radius 3 is 1.94 bits per heavy atom. The molecule has 32 heavy (non-hydrogen) atoms. The molecule has 4 heteroatoms. The summed E-state index contributed by atoms with van der Waals surface area (Å²) in [6, 6.07) is 35.0. The summed E-state index contributed by atoms with van der Waals surface area (Å²) in [5.41, 5.74) is 3.58. The minimum Gasteiger partial charge on any atom is -0.305 e. The first kappa shape index (κ1) is 18.5. The fourth-order valence-electron chi connectivity index (χ4n) is 4.49. The largest absolute Gasteiger partial charge is 0.305 e. The topological polar surface area (TPSA) is 50.8 Å². The van der Waals surface area contributed by atoms with Crippen LogP contribution in [0.4, 0.5) is 17.1 Å². The zero-order valence-electron chi connectivity index (χ0n) is 16.9. The van der Waals surface area contributed by atoms with Gasteiger partial charge in [-0.2, -0.15) is 10.5 Å². The molecule has 0 aliphatic carbocycles. The predicted octanol–water partition coefficient (Wildman–Crippen LogP) is 7.67. The van der Waals surface area contributed by atoms with Crippen molar-refractivity contribution in [1.29, 1.82) is 10.5 Å². The number of hydrogen-bond donors (Lipinski definition) is 0. The van der Waals surface area contributed by atoms with E-state index >= 15 is 0 Å². The van der Waals surface area contributed by atoms with Gasteiger partial charge in [-0.3, -0.25) is 0 Å². The molecule has 0 saturated carbocycles. The van der Waals surface area contributed by atoms with E-state index < -0.39 is 0 Å². The zero-order chi connectivity index (χ0) is 21.7. The molecule has 5 aromatic carbocycles. The molecule has 1 aliphatic heterocycles. The fraction of sp³-hybridized carbons (Fsp3) is 0. The van der Waals surface area contributed by atoms with Crippen LogP contribution in [0.1, 0.15) is 11.1 Å². The number of benzene rings is 5. The highest BCUT2D eigenvalue weighted by molar-refractivity contribution is 8.00. The first-order valence-corrected chi connectivity index (χ1v) is 11.1. The average Bonchev–Trinajstić information content (AvgIpc) is 2.86. The van der Waals surface area contributed by atoms with Gasteiger partial charge in [0.15, 0.2) is 0 Å². The van der Waals surface area contributed by atoms with E-state index in [9.17, 15) is 10.5 Å². The van der Waals surface area contributed by atoms with Gasteiger partial charge < -0.3 is 4.90 Å². The fourth-order valence-corrected chi connectivity index (χ4v) is 5.70. The summed E-state index contributed by atoms with van der Waals surface area (Å²) in [5, 5.41) is 24.5. The molecule has 0 bridgehead atoms. The lowest BCUT2D eigenvalue weighted by atomic mass is 10.0. The lowest BCUT2D eigenvalue weighted by molar-refractivity contribution is 1.18. The summed E-state index contributed by atoms with van der Waals surface area (Å²) < 4.78 is 0. The van der Waals surface area contributed by atoms with Gasteiger partial charge in [0.05, 0.1) is 28.2 Å². The number of para-hydroxylation sites is 1. The van der Waals surface area contributed by atoms with Crippen LogP contribution in [-0.2, 0) is 0 Å². The Labute approximate surface area is 189 Å². The van der Waals surface area contributed by atoms with Crippen molar-refractivity contribution in [2.45, 2.75) is 9.79 Å². The third-order valence-electron chi connectivity index (χ3n) is 5.90. The van der Waals surface area contributed by atoms with Gasteiger partial charge in [-0.25, -0.2) is 0 Å². The van der Waals surface area contributed by atoms with E-state index in [1.54, 1.807) is 30.0 Å². The molecule has 148 valence electrons. The number of rotatable bonds is 1. The Morgan fingerprint density at radius 1 is 0.594 bits per heavy atom. The summed E-state index contributed by atoms with van der Waals surface area (Å²) >= 11 is 1.74. The van der Waals surface area contributed by atoms with Crippen LogP contribution in [-0.4, -0.2) is 0 Å². The number of fused-ring (bicyclic) bond motifs is 6. The lowest BCUT2D eigenvalue weighted by Gasteiger charge is -2.35. The van der Waals surface area contributed by atoms with E-state index in [-0.39, 0.29) is 0 Å². The summed E-state index contributed by atoms with van der Waals surface area (Å²) in [6.07, 6.45) is 0. The molecule has 0 spiro atoms. The van der Waals surface area contributed by atoms with Crippen LogP contribution in [0.15, 0.2) is 101 Å². The number of hydrogen-bond acceptors (Lipinski definition) is 4. The van der Waals surface area contributed by atoms with Gasteiger partial charge >= 0.3 is 0 Å². The maximum atomic E-state index is 9.96. The maximum Gasteiger partial charge on any atom is 0.101 e. The smallest absolute Gasteiger partial charge is 0.101 e. The highest BCUT2D eigenvalue weighted by atomic mass is 32.2. The van der Waals surface area contributed by atoms with E-state index in [0.717, 1.165) is 42.7 Å². The first-order chi connectivity index (χ1) is 15.8. The predicted molar refractivity (Wildman–Crippen MR) is 130 cm³/mol. The second-order valence-corrected chi connectivity index (χ2v) is 8.68. The van der Waals surface area contributed by atoms with Crippen molar-refractivity contribution >= 4 is 50.4 Å². The van der Waals surface area contributed by atoms with Crippen LogP contribution in [0.5, 0.6) is 0 Å². The molecule has 0 amide bonds. The molecule has 0 atom stereocenters. The van der Waals surface area contributed by atoms with E-state index in [4.69, 9.17) is 0 Å². The minimum atomic E-state index is 0.481. The highest BCUT2D eigenvalue weighted by Crippen LogP contribution is 2.56. The zero-order valence-corrected chi connectivity index (χ0v) is 17.7. The van der Waals surface area contributed by atoms with Crippen molar-refractivity contribution < 1.29 is 0 Å². The minimum absolute atomic E-state index is 0.481. The van der Waals surface area contributed by atoms with Crippen LogP contribution >= 0.6 is 11.8 Å². The van der Waals surface area contributed by atoms with Crippen molar-refractivity contribution in [3.05, 3.63) is 102 Å². The maximum absolute atomic E-state index is 9.96. The number of anilines is 3. The quantitative estimate of drug-likeness (QED) is 0.271. The van der Waals surface area contributed by atoms with Gasteiger partial charge in [-0.1, -0.05) is 78.5 Å². The first-order valence-electron chi connectivity index (χ1n) is 10.2. The van der Waals surface area contributed by atoms with Crippen LogP contribution in [0.3, 0.4) is 0 Å². The molecule has 0 fully saturated rings. The van der Waals surface area contributed by atoms with E-state index in [1.807, 2.05) is 24.3 Å². The van der Waals surface area contributed by atoms with Crippen LogP contribution < -0.4 is 4.90 Å². The van der Waals surface area contributed by atoms with E-state index in [2.05, 4.69) is 65.6 Å². The van der Waals surface area contributed by atoms with Gasteiger partial charge in [-0.15, -0.1) is 0 Å². The summed E-state index contributed by atoms with van der Waals surface area (Å²) in [6.45, 7) is 0. The average molecular weight is 426 g/mol. The molecule has 1 heterocycles. The van der Waals surface area contributed by atoms with E-state index in [0.29, 0.717) is 16.8 Å². The molecule has 0 radical (unpaired) electrons. The Balaban J connectivity index is 1.79. The number of nitrogens with zero attached hydrogens (tertiary/aromatic N) is 3. The second kappa shape index (κ2) is 7.17. The molecule has 0 aromatic heterocycles. The third kappa shape index (κ3) is 2.61. The van der Waals surface area contributed by atoms with Gasteiger partial charge in [-0.05, 0) is 40.4 Å². The molecule has 0 N–H and O–H groups in total. The molecular formula is C28H15N3S. The van der Waals surface area contributed by atoms with Crippen LogP contribution in [0.2, 0.25) is 0 Å². The molecule has 1 aliphatic rings. The molecule has 0 unspecified atom stereocenters. The Bertz CT molecular complexity index is 1610. The summed E-state index contributed by atoms with van der Waals surface area (Å²) in [4.78, 5) is 4.35. The highest BCUT2D eigenvalue weighted by Gasteiger charge is 2.30. The van der Waals surface area contributed by atoms with Gasteiger partial charge in [0.2, 0.25) is 0 Å². The van der Waals surface area contributed by atoms with Crippen molar-refractivity contribution in [1.82, 2.24) is 0 Å². The Morgan fingerprint density at radius 2 is 1.22 bits per heavy atom. The SMILES string of the molecule is N#Cc1cccc(C#N)c1N1c2ccc3ccccc3c2Sc2ccc3ccccc3c21. The molecule has 0 saturated heterocycles.